The highest BCUT2D eigenvalue weighted by molar-refractivity contribution is 7.89. The van der Waals surface area contributed by atoms with Gasteiger partial charge in [-0.1, -0.05) is 30.3 Å². The molecule has 1 heterocycles. The lowest BCUT2D eigenvalue weighted by atomic mass is 9.93. The molecule has 13 heteroatoms. The van der Waals surface area contributed by atoms with Gasteiger partial charge in [0.25, 0.3) is 0 Å². The Morgan fingerprint density at radius 3 is 2.30 bits per heavy atom. The minimum Gasteiger partial charge on any atom is -0.442 e. The van der Waals surface area contributed by atoms with Gasteiger partial charge in [0.15, 0.2) is 5.71 Å². The molecule has 1 saturated heterocycles. The molecule has 1 aliphatic rings. The van der Waals surface area contributed by atoms with Crippen LogP contribution in [-0.2, 0) is 20.3 Å². The maximum Gasteiger partial charge on any atom is 0.437 e. The average Bonchev–Trinajstić information content (AvgIpc) is 2.74. The molecule has 1 N–H and O–H groups in total. The summed E-state index contributed by atoms with van der Waals surface area (Å²) in [6.07, 6.45) is -5.90. The molecule has 1 atom stereocenters. The average molecular weight is 543 g/mol. The van der Waals surface area contributed by atoms with Gasteiger partial charge in [-0.25, -0.2) is 26.9 Å². The van der Waals surface area contributed by atoms with E-state index in [4.69, 9.17) is 4.74 Å². The van der Waals surface area contributed by atoms with E-state index >= 15 is 4.39 Å². The summed E-state index contributed by atoms with van der Waals surface area (Å²) >= 11 is 0. The standard InChI is InChI=1S/C24H26F4N4O4S/c1-22(2,3)36-21(33)30-20-31-23(4,14-37(34,35)32(20)5)17-13-16(11-12-18(17)25)29-19(24(26,27)28)15-9-7-6-8-10-15/h6-13H,14H2,1-5H3,(H,30,31,33)/b29-19-/t23-/m0/s1. The SMILES string of the molecule is CN1/C(=N\C(=O)OC(C)(C)C)N[C@](C)(c2cc(/N=C(/c3ccccc3)C(F)(F)F)ccc2F)CS1(=O)=O. The number of benzene rings is 2. The number of rotatable bonds is 3. The first-order valence-corrected chi connectivity index (χ1v) is 12.6. The van der Waals surface area contributed by atoms with Crippen LogP contribution in [-0.4, -0.2) is 55.1 Å². The maximum atomic E-state index is 15.0. The van der Waals surface area contributed by atoms with Crippen molar-refractivity contribution < 1.29 is 35.5 Å². The van der Waals surface area contributed by atoms with Gasteiger partial charge in [-0.3, -0.25) is 0 Å². The molecule has 8 nitrogen and oxygen atoms in total. The molecule has 1 fully saturated rings. The van der Waals surface area contributed by atoms with Crippen molar-refractivity contribution in [3.63, 3.8) is 0 Å². The number of sulfonamides is 1. The van der Waals surface area contributed by atoms with E-state index < -0.39 is 56.7 Å². The van der Waals surface area contributed by atoms with E-state index in [1.807, 2.05) is 0 Å². The molecule has 2 aromatic rings. The van der Waals surface area contributed by atoms with E-state index in [1.54, 1.807) is 26.8 Å². The van der Waals surface area contributed by atoms with E-state index in [1.165, 1.54) is 31.2 Å². The Morgan fingerprint density at radius 2 is 1.73 bits per heavy atom. The van der Waals surface area contributed by atoms with Gasteiger partial charge in [-0.05, 0) is 45.9 Å². The lowest BCUT2D eigenvalue weighted by molar-refractivity contribution is -0.0580. The largest absolute Gasteiger partial charge is 0.442 e. The minimum atomic E-state index is -4.82. The summed E-state index contributed by atoms with van der Waals surface area (Å²) in [4.78, 5) is 19.6. The van der Waals surface area contributed by atoms with Crippen LogP contribution in [0.25, 0.3) is 0 Å². The summed E-state index contributed by atoms with van der Waals surface area (Å²) < 4.78 is 87.9. The molecule has 0 saturated carbocycles. The number of aliphatic imine (C=N–C) groups is 2. The fraction of sp³-hybridized carbons (Fsp3) is 0.375. The molecule has 0 spiro atoms. The maximum absolute atomic E-state index is 15.0. The molecular weight excluding hydrogens is 516 g/mol. The van der Waals surface area contributed by atoms with Crippen LogP contribution in [0.15, 0.2) is 58.5 Å². The number of ether oxygens (including phenoxy) is 1. The molecule has 0 unspecified atom stereocenters. The van der Waals surface area contributed by atoms with Crippen molar-refractivity contribution in [2.45, 2.75) is 45.0 Å². The Hall–Kier alpha value is -3.48. The van der Waals surface area contributed by atoms with Gasteiger partial charge in [0, 0.05) is 18.2 Å². The van der Waals surface area contributed by atoms with Crippen LogP contribution in [0.3, 0.4) is 0 Å². The Labute approximate surface area is 212 Å². The Morgan fingerprint density at radius 1 is 1.11 bits per heavy atom. The molecule has 2 aromatic carbocycles. The van der Waals surface area contributed by atoms with Crippen molar-refractivity contribution in [2.24, 2.45) is 9.98 Å². The molecule has 1 aliphatic heterocycles. The zero-order valence-corrected chi connectivity index (χ0v) is 21.5. The Kier molecular flexibility index (Phi) is 7.42. The number of hydrogen-bond acceptors (Lipinski definition) is 5. The van der Waals surface area contributed by atoms with Crippen LogP contribution in [0.1, 0.15) is 38.8 Å². The van der Waals surface area contributed by atoms with Crippen molar-refractivity contribution in [3.8, 4) is 0 Å². The quantitative estimate of drug-likeness (QED) is 0.440. The first-order valence-electron chi connectivity index (χ1n) is 11.0. The zero-order valence-electron chi connectivity index (χ0n) is 20.7. The van der Waals surface area contributed by atoms with Crippen molar-refractivity contribution in [2.75, 3.05) is 12.8 Å². The lowest BCUT2D eigenvalue weighted by Gasteiger charge is -2.40. The van der Waals surface area contributed by atoms with Gasteiger partial charge < -0.3 is 10.1 Å². The van der Waals surface area contributed by atoms with Crippen LogP contribution in [0.4, 0.5) is 28.0 Å². The number of carbonyl (C=O) groups excluding carboxylic acids is 1. The van der Waals surface area contributed by atoms with E-state index in [0.29, 0.717) is 0 Å². The van der Waals surface area contributed by atoms with Gasteiger partial charge in [-0.2, -0.15) is 13.2 Å². The third-order valence-corrected chi connectivity index (χ3v) is 7.22. The van der Waals surface area contributed by atoms with Crippen molar-refractivity contribution in [1.29, 1.82) is 0 Å². The second-order valence-corrected chi connectivity index (χ2v) is 11.6. The summed E-state index contributed by atoms with van der Waals surface area (Å²) in [6, 6.07) is 9.86. The topological polar surface area (TPSA) is 100 Å². The molecule has 0 bridgehead atoms. The van der Waals surface area contributed by atoms with Crippen LogP contribution >= 0.6 is 0 Å². The number of nitrogens with zero attached hydrogens (tertiary/aromatic N) is 3. The predicted octanol–water partition coefficient (Wildman–Crippen LogP) is 4.88. The summed E-state index contributed by atoms with van der Waals surface area (Å²) in [5.41, 5.74) is -4.56. The first kappa shape index (κ1) is 28.1. The number of amides is 1. The zero-order chi connectivity index (χ0) is 27.8. The number of alkyl halides is 3. The van der Waals surface area contributed by atoms with Gasteiger partial charge in [0.05, 0.1) is 17.0 Å². The fourth-order valence-electron chi connectivity index (χ4n) is 3.59. The summed E-state index contributed by atoms with van der Waals surface area (Å²) in [6.45, 7) is 6.11. The van der Waals surface area contributed by atoms with E-state index in [0.717, 1.165) is 29.6 Å². The second-order valence-electron chi connectivity index (χ2n) is 9.58. The normalized spacial score (nSPS) is 21.5. The molecule has 0 aromatic heterocycles. The lowest BCUT2D eigenvalue weighted by Crippen LogP contribution is -2.61. The van der Waals surface area contributed by atoms with E-state index in [2.05, 4.69) is 15.3 Å². The number of carbonyl (C=O) groups is 1. The highest BCUT2D eigenvalue weighted by atomic mass is 32.2. The van der Waals surface area contributed by atoms with Gasteiger partial charge in [0.1, 0.15) is 11.4 Å². The van der Waals surface area contributed by atoms with Crippen molar-refractivity contribution in [1.82, 2.24) is 9.62 Å². The highest BCUT2D eigenvalue weighted by Crippen LogP contribution is 2.34. The van der Waals surface area contributed by atoms with Crippen LogP contribution in [0.5, 0.6) is 0 Å². The number of hydrogen-bond donors (Lipinski definition) is 1. The number of nitrogens with one attached hydrogen (secondary N) is 1. The minimum absolute atomic E-state index is 0.195. The third kappa shape index (κ3) is 6.64. The van der Waals surface area contributed by atoms with Crippen LogP contribution in [0, 0.1) is 5.82 Å². The van der Waals surface area contributed by atoms with Crippen molar-refractivity contribution in [3.05, 3.63) is 65.5 Å². The summed E-state index contributed by atoms with van der Waals surface area (Å²) in [5.74, 6) is -2.01. The van der Waals surface area contributed by atoms with Crippen LogP contribution < -0.4 is 5.32 Å². The van der Waals surface area contributed by atoms with Gasteiger partial charge >= 0.3 is 12.3 Å². The fourth-order valence-corrected chi connectivity index (χ4v) is 5.09. The van der Waals surface area contributed by atoms with Crippen LogP contribution in [0.2, 0.25) is 0 Å². The monoisotopic (exact) mass is 542 g/mol. The smallest absolute Gasteiger partial charge is 0.437 e. The van der Waals surface area contributed by atoms with E-state index in [9.17, 15) is 26.4 Å². The molecule has 1 amide bonds. The van der Waals surface area contributed by atoms with Crippen molar-refractivity contribution >= 4 is 33.5 Å². The van der Waals surface area contributed by atoms with E-state index in [-0.39, 0.29) is 16.8 Å². The number of guanidine groups is 1. The highest BCUT2D eigenvalue weighted by Gasteiger charge is 2.44. The number of halogens is 4. The molecule has 200 valence electrons. The second kappa shape index (κ2) is 9.77. The van der Waals surface area contributed by atoms with Gasteiger partial charge in [-0.15, -0.1) is 4.99 Å². The third-order valence-electron chi connectivity index (χ3n) is 5.27. The summed E-state index contributed by atoms with van der Waals surface area (Å²) in [7, 11) is -2.97. The van der Waals surface area contributed by atoms with Gasteiger partial charge in [0.2, 0.25) is 16.0 Å². The summed E-state index contributed by atoms with van der Waals surface area (Å²) in [5, 5.41) is 2.74. The molecular formula is C24H26F4N4O4S. The first-order chi connectivity index (χ1) is 16.9. The Bertz CT molecular complexity index is 1350. The molecule has 3 rings (SSSR count). The predicted molar refractivity (Wildman–Crippen MR) is 131 cm³/mol. The molecule has 0 aliphatic carbocycles. The molecule has 0 radical (unpaired) electrons. The molecule has 37 heavy (non-hydrogen) atoms. The Balaban J connectivity index is 2.10.